The second-order valence-corrected chi connectivity index (χ2v) is 8.62. The van der Waals surface area contributed by atoms with Crippen molar-refractivity contribution in [1.29, 1.82) is 0 Å². The summed E-state index contributed by atoms with van der Waals surface area (Å²) < 4.78 is 6.74. The van der Waals surface area contributed by atoms with Crippen LogP contribution in [0.4, 0.5) is 11.5 Å². The third kappa shape index (κ3) is 4.80. The SMILES string of the molecule is CCC(=O)N1N=C(c2cccc([N+](=O)[O-])c2)Sc2c1nc(Cc1ccc(OC)cc1)n2C(=O)CC. The average molecular weight is 494 g/mol. The first-order chi connectivity index (χ1) is 16.9. The lowest BCUT2D eigenvalue weighted by atomic mass is 10.1. The number of carbonyl (C=O) groups is 2. The van der Waals surface area contributed by atoms with Gasteiger partial charge in [-0.3, -0.25) is 24.3 Å². The van der Waals surface area contributed by atoms with E-state index in [4.69, 9.17) is 4.74 Å². The number of anilines is 1. The van der Waals surface area contributed by atoms with Gasteiger partial charge in [0.2, 0.25) is 11.8 Å². The summed E-state index contributed by atoms with van der Waals surface area (Å²) in [5.41, 5.74) is 1.29. The van der Waals surface area contributed by atoms with E-state index in [1.54, 1.807) is 33.1 Å². The zero-order valence-electron chi connectivity index (χ0n) is 19.4. The van der Waals surface area contributed by atoms with Gasteiger partial charge in [-0.25, -0.2) is 4.98 Å². The number of nitrogens with zero attached hydrogens (tertiary/aromatic N) is 5. The monoisotopic (exact) mass is 493 g/mol. The van der Waals surface area contributed by atoms with Gasteiger partial charge >= 0.3 is 0 Å². The van der Waals surface area contributed by atoms with E-state index in [0.717, 1.165) is 17.3 Å². The molecule has 0 unspecified atom stereocenters. The molecule has 4 rings (SSSR count). The summed E-state index contributed by atoms with van der Waals surface area (Å²) in [6, 6.07) is 13.5. The zero-order valence-corrected chi connectivity index (χ0v) is 20.2. The Morgan fingerprint density at radius 1 is 1.09 bits per heavy atom. The summed E-state index contributed by atoms with van der Waals surface area (Å²) in [5, 5.41) is 17.8. The lowest BCUT2D eigenvalue weighted by Gasteiger charge is -2.22. The topological polar surface area (TPSA) is 120 Å². The number of imidazole rings is 1. The highest BCUT2D eigenvalue weighted by molar-refractivity contribution is 8.14. The van der Waals surface area contributed by atoms with Crippen LogP contribution in [-0.2, 0) is 11.2 Å². The van der Waals surface area contributed by atoms with Gasteiger partial charge in [-0.05, 0) is 29.5 Å². The molecule has 0 saturated carbocycles. The van der Waals surface area contributed by atoms with E-state index in [-0.39, 0.29) is 36.2 Å². The first kappa shape index (κ1) is 24.1. The van der Waals surface area contributed by atoms with Crippen LogP contribution in [-0.4, -0.2) is 38.4 Å². The van der Waals surface area contributed by atoms with Crippen molar-refractivity contribution in [3.05, 3.63) is 75.6 Å². The number of aromatic nitrogens is 2. The number of ether oxygens (including phenoxy) is 1. The number of fused-ring (bicyclic) bond motifs is 1. The van der Waals surface area contributed by atoms with Gasteiger partial charge in [0, 0.05) is 37.0 Å². The highest BCUT2D eigenvalue weighted by Crippen LogP contribution is 2.39. The predicted molar refractivity (Wildman–Crippen MR) is 132 cm³/mol. The maximum absolute atomic E-state index is 13.0. The molecule has 0 radical (unpaired) electrons. The second kappa shape index (κ2) is 10.1. The standard InChI is InChI=1S/C24H23N5O5S/c1-4-20(30)27-19(13-15-9-11-18(34-3)12-10-15)25-22-24(27)35-23(26-28(22)21(31)5-2)16-7-6-8-17(14-16)29(32)33/h6-12,14H,4-5,13H2,1-3H3. The molecule has 11 heteroatoms. The fourth-order valence-electron chi connectivity index (χ4n) is 3.57. The molecule has 0 aliphatic carbocycles. The first-order valence-corrected chi connectivity index (χ1v) is 11.8. The van der Waals surface area contributed by atoms with Crippen LogP contribution in [0.2, 0.25) is 0 Å². The lowest BCUT2D eigenvalue weighted by Crippen LogP contribution is -2.29. The molecule has 0 saturated heterocycles. The van der Waals surface area contributed by atoms with Crippen LogP contribution in [0.3, 0.4) is 0 Å². The molecule has 35 heavy (non-hydrogen) atoms. The summed E-state index contributed by atoms with van der Waals surface area (Å²) in [7, 11) is 1.59. The van der Waals surface area contributed by atoms with E-state index < -0.39 is 4.92 Å². The van der Waals surface area contributed by atoms with Gasteiger partial charge in [0.1, 0.15) is 21.6 Å². The Morgan fingerprint density at radius 2 is 1.80 bits per heavy atom. The summed E-state index contributed by atoms with van der Waals surface area (Å²) in [6.45, 7) is 3.46. The maximum atomic E-state index is 13.0. The molecule has 180 valence electrons. The molecule has 0 fully saturated rings. The smallest absolute Gasteiger partial charge is 0.270 e. The minimum absolute atomic E-state index is 0.0942. The minimum Gasteiger partial charge on any atom is -0.497 e. The van der Waals surface area contributed by atoms with Gasteiger partial charge < -0.3 is 4.74 Å². The number of amides is 1. The Labute approximate surface area is 205 Å². The Balaban J connectivity index is 1.82. The van der Waals surface area contributed by atoms with Gasteiger partial charge in [0.15, 0.2) is 5.82 Å². The largest absolute Gasteiger partial charge is 0.497 e. The normalized spacial score (nSPS) is 12.7. The van der Waals surface area contributed by atoms with Crippen LogP contribution in [0.1, 0.15) is 48.4 Å². The molecule has 1 aliphatic rings. The second-order valence-electron chi connectivity index (χ2n) is 7.64. The number of rotatable bonds is 7. The van der Waals surface area contributed by atoms with E-state index >= 15 is 0 Å². The number of thioether (sulfide) groups is 1. The van der Waals surface area contributed by atoms with Gasteiger partial charge in [0.05, 0.1) is 12.0 Å². The third-order valence-electron chi connectivity index (χ3n) is 5.39. The van der Waals surface area contributed by atoms with E-state index in [1.807, 2.05) is 24.3 Å². The van der Waals surface area contributed by atoms with Crippen molar-refractivity contribution in [1.82, 2.24) is 9.55 Å². The van der Waals surface area contributed by atoms with Crippen molar-refractivity contribution >= 4 is 40.1 Å². The van der Waals surface area contributed by atoms with Crippen LogP contribution in [0.15, 0.2) is 58.7 Å². The molecule has 0 spiro atoms. The Morgan fingerprint density at radius 3 is 2.43 bits per heavy atom. The lowest BCUT2D eigenvalue weighted by molar-refractivity contribution is -0.384. The molecule has 1 aromatic heterocycles. The average Bonchev–Trinajstić information content (AvgIpc) is 3.25. The molecule has 1 aliphatic heterocycles. The number of hydrogen-bond donors (Lipinski definition) is 0. The number of hydrogen-bond acceptors (Lipinski definition) is 8. The van der Waals surface area contributed by atoms with Crippen LogP contribution in [0, 0.1) is 10.1 Å². The molecule has 0 bridgehead atoms. The summed E-state index contributed by atoms with van der Waals surface area (Å²) in [4.78, 5) is 41.3. The molecule has 1 amide bonds. The van der Waals surface area contributed by atoms with E-state index in [2.05, 4.69) is 10.1 Å². The van der Waals surface area contributed by atoms with Crippen LogP contribution < -0.4 is 9.75 Å². The Bertz CT molecular complexity index is 1330. The highest BCUT2D eigenvalue weighted by atomic mass is 32.2. The van der Waals surface area contributed by atoms with Gasteiger partial charge in [-0.1, -0.05) is 38.1 Å². The Kier molecular flexibility index (Phi) is 6.97. The van der Waals surface area contributed by atoms with Gasteiger partial charge in [-0.2, -0.15) is 10.1 Å². The Hall–Kier alpha value is -3.99. The molecule has 3 aromatic rings. The van der Waals surface area contributed by atoms with Gasteiger partial charge in [0.25, 0.3) is 5.69 Å². The number of methoxy groups -OCH3 is 1. The summed E-state index contributed by atoms with van der Waals surface area (Å²) in [5.74, 6) is 0.981. The van der Waals surface area contributed by atoms with Crippen LogP contribution >= 0.6 is 11.8 Å². The number of non-ortho nitro benzene ring substituents is 1. The molecule has 0 N–H and O–H groups in total. The van der Waals surface area contributed by atoms with E-state index in [0.29, 0.717) is 33.6 Å². The maximum Gasteiger partial charge on any atom is 0.270 e. The highest BCUT2D eigenvalue weighted by Gasteiger charge is 2.33. The fourth-order valence-corrected chi connectivity index (χ4v) is 4.64. The number of hydrazone groups is 1. The van der Waals surface area contributed by atoms with Crippen molar-refractivity contribution < 1.29 is 19.2 Å². The predicted octanol–water partition coefficient (Wildman–Crippen LogP) is 4.65. The number of nitro benzene ring substituents is 1. The number of benzene rings is 2. The van der Waals surface area contributed by atoms with Crippen molar-refractivity contribution in [3.63, 3.8) is 0 Å². The molecule has 2 heterocycles. The van der Waals surface area contributed by atoms with Crippen LogP contribution in [0.5, 0.6) is 5.75 Å². The van der Waals surface area contributed by atoms with Crippen molar-refractivity contribution in [2.75, 3.05) is 12.1 Å². The molecule has 10 nitrogen and oxygen atoms in total. The molecular weight excluding hydrogens is 470 g/mol. The zero-order chi connectivity index (χ0) is 25.1. The molecule has 2 aromatic carbocycles. The van der Waals surface area contributed by atoms with Gasteiger partial charge in [-0.15, -0.1) is 0 Å². The van der Waals surface area contributed by atoms with Crippen LogP contribution in [0.25, 0.3) is 0 Å². The minimum atomic E-state index is -0.490. The summed E-state index contributed by atoms with van der Waals surface area (Å²) in [6.07, 6.45) is 0.742. The van der Waals surface area contributed by atoms with E-state index in [1.165, 1.54) is 21.7 Å². The van der Waals surface area contributed by atoms with E-state index in [9.17, 15) is 19.7 Å². The quantitative estimate of drug-likeness (QED) is 0.347. The van der Waals surface area contributed by atoms with Crippen molar-refractivity contribution in [2.24, 2.45) is 5.10 Å². The van der Waals surface area contributed by atoms with Crippen molar-refractivity contribution in [2.45, 2.75) is 38.1 Å². The fraction of sp³-hybridized carbons (Fsp3) is 0.250. The number of nitro groups is 1. The molecular formula is C24H23N5O5S. The number of carbonyl (C=O) groups excluding carboxylic acids is 2. The first-order valence-electron chi connectivity index (χ1n) is 11.0. The third-order valence-corrected chi connectivity index (χ3v) is 6.46. The summed E-state index contributed by atoms with van der Waals surface area (Å²) >= 11 is 1.16. The van der Waals surface area contributed by atoms with Crippen molar-refractivity contribution in [3.8, 4) is 5.75 Å². The molecule has 0 atom stereocenters.